The zero-order valence-corrected chi connectivity index (χ0v) is 14.2. The summed E-state index contributed by atoms with van der Waals surface area (Å²) < 4.78 is 13.5. The number of rotatable bonds is 5. The smallest absolute Gasteiger partial charge is 0.127 e. The first-order chi connectivity index (χ1) is 9.99. The Morgan fingerprint density at radius 3 is 2.52 bits per heavy atom. The molecule has 0 spiro atoms. The molecule has 21 heavy (non-hydrogen) atoms. The van der Waals surface area contributed by atoms with Gasteiger partial charge in [-0.3, -0.25) is 4.68 Å². The lowest BCUT2D eigenvalue weighted by molar-refractivity contribution is 0.388. The average molecular weight is 354 g/mol. The minimum Gasteiger partial charge on any atom is -0.497 e. The molecule has 2 aromatic rings. The summed E-state index contributed by atoms with van der Waals surface area (Å²) in [5, 5.41) is 4.38. The van der Waals surface area contributed by atoms with Crippen LogP contribution in [0.2, 0.25) is 0 Å². The monoisotopic (exact) mass is 353 g/mol. The molecule has 1 aromatic carbocycles. The van der Waals surface area contributed by atoms with E-state index in [2.05, 4.69) is 34.9 Å². The van der Waals surface area contributed by atoms with Crippen molar-refractivity contribution in [3.05, 3.63) is 40.1 Å². The molecule has 0 aliphatic rings. The molecular formula is C15H20BrN3O2. The molecule has 1 aromatic heterocycles. The molecule has 0 saturated carbocycles. The molecule has 2 N–H and O–H groups in total. The maximum atomic E-state index is 6.46. The second kappa shape index (κ2) is 6.49. The standard InChI is InChI=1S/C15H20BrN3O2/c1-9(2)19-15(12(16)8-18-19)14(17)11-6-5-10(20-3)7-13(11)21-4/h5-9,14H,17H2,1-4H3. The molecule has 0 radical (unpaired) electrons. The van der Waals surface area contributed by atoms with Crippen LogP contribution in [0.4, 0.5) is 0 Å². The van der Waals surface area contributed by atoms with Crippen LogP contribution in [0.25, 0.3) is 0 Å². The summed E-state index contributed by atoms with van der Waals surface area (Å²) in [4.78, 5) is 0. The van der Waals surface area contributed by atoms with Gasteiger partial charge in [-0.05, 0) is 41.9 Å². The molecule has 2 rings (SSSR count). The van der Waals surface area contributed by atoms with Gasteiger partial charge in [0.2, 0.25) is 0 Å². The summed E-state index contributed by atoms with van der Waals surface area (Å²) >= 11 is 3.53. The van der Waals surface area contributed by atoms with E-state index < -0.39 is 0 Å². The highest BCUT2D eigenvalue weighted by molar-refractivity contribution is 9.10. The Morgan fingerprint density at radius 2 is 1.95 bits per heavy atom. The molecule has 1 unspecified atom stereocenters. The van der Waals surface area contributed by atoms with Crippen LogP contribution < -0.4 is 15.2 Å². The summed E-state index contributed by atoms with van der Waals surface area (Å²) in [7, 11) is 3.25. The van der Waals surface area contributed by atoms with Gasteiger partial charge in [-0.15, -0.1) is 0 Å². The van der Waals surface area contributed by atoms with E-state index in [9.17, 15) is 0 Å². The van der Waals surface area contributed by atoms with Gasteiger partial charge in [0.15, 0.2) is 0 Å². The quantitative estimate of drug-likeness (QED) is 0.895. The molecule has 6 heteroatoms. The Hall–Kier alpha value is -1.53. The van der Waals surface area contributed by atoms with E-state index in [0.717, 1.165) is 21.5 Å². The molecule has 0 bridgehead atoms. The Kier molecular flexibility index (Phi) is 4.90. The molecule has 0 amide bonds. The summed E-state index contributed by atoms with van der Waals surface area (Å²) in [6.45, 7) is 4.14. The summed E-state index contributed by atoms with van der Waals surface area (Å²) in [5.41, 5.74) is 8.27. The zero-order chi connectivity index (χ0) is 15.6. The lowest BCUT2D eigenvalue weighted by atomic mass is 10.0. The van der Waals surface area contributed by atoms with Crippen LogP contribution in [0.5, 0.6) is 11.5 Å². The normalized spacial score (nSPS) is 12.5. The predicted molar refractivity (Wildman–Crippen MR) is 85.9 cm³/mol. The van der Waals surface area contributed by atoms with Crippen LogP contribution in [0, 0.1) is 0 Å². The number of methoxy groups -OCH3 is 2. The van der Waals surface area contributed by atoms with Gasteiger partial charge >= 0.3 is 0 Å². The van der Waals surface area contributed by atoms with Crippen LogP contribution >= 0.6 is 15.9 Å². The SMILES string of the molecule is COc1ccc(C(N)c2c(Br)cnn2C(C)C)c(OC)c1. The Balaban J connectivity index is 2.49. The average Bonchev–Trinajstić information content (AvgIpc) is 2.87. The number of hydrogen-bond acceptors (Lipinski definition) is 4. The highest BCUT2D eigenvalue weighted by atomic mass is 79.9. The fourth-order valence-corrected chi connectivity index (χ4v) is 2.80. The molecule has 114 valence electrons. The van der Waals surface area contributed by atoms with Crippen LogP contribution in [-0.2, 0) is 0 Å². The first-order valence-electron chi connectivity index (χ1n) is 6.70. The first-order valence-corrected chi connectivity index (χ1v) is 7.49. The van der Waals surface area contributed by atoms with E-state index in [1.807, 2.05) is 22.9 Å². The predicted octanol–water partition coefficient (Wildman–Crippen LogP) is 3.29. The third-order valence-corrected chi connectivity index (χ3v) is 3.96. The lowest BCUT2D eigenvalue weighted by Gasteiger charge is -2.20. The van der Waals surface area contributed by atoms with Gasteiger partial charge in [-0.25, -0.2) is 0 Å². The highest BCUT2D eigenvalue weighted by Gasteiger charge is 2.22. The van der Waals surface area contributed by atoms with E-state index in [-0.39, 0.29) is 12.1 Å². The second-order valence-electron chi connectivity index (χ2n) is 5.00. The number of halogens is 1. The molecule has 0 saturated heterocycles. The van der Waals surface area contributed by atoms with E-state index in [1.165, 1.54) is 0 Å². The Morgan fingerprint density at radius 1 is 1.24 bits per heavy atom. The van der Waals surface area contributed by atoms with Crippen molar-refractivity contribution >= 4 is 15.9 Å². The van der Waals surface area contributed by atoms with Crippen LogP contribution in [0.15, 0.2) is 28.9 Å². The minimum absolute atomic E-state index is 0.224. The second-order valence-corrected chi connectivity index (χ2v) is 5.86. The molecule has 1 atom stereocenters. The first kappa shape index (κ1) is 15.9. The number of benzene rings is 1. The van der Waals surface area contributed by atoms with Crippen molar-refractivity contribution in [2.75, 3.05) is 14.2 Å². The molecule has 0 fully saturated rings. The van der Waals surface area contributed by atoms with Crippen molar-refractivity contribution in [1.82, 2.24) is 9.78 Å². The molecule has 1 heterocycles. The lowest BCUT2D eigenvalue weighted by Crippen LogP contribution is -2.20. The summed E-state index contributed by atoms with van der Waals surface area (Å²) in [6.07, 6.45) is 1.77. The molecule has 5 nitrogen and oxygen atoms in total. The fraction of sp³-hybridized carbons (Fsp3) is 0.400. The fourth-order valence-electron chi connectivity index (χ4n) is 2.28. The van der Waals surface area contributed by atoms with Crippen molar-refractivity contribution in [3.8, 4) is 11.5 Å². The van der Waals surface area contributed by atoms with Gasteiger partial charge < -0.3 is 15.2 Å². The van der Waals surface area contributed by atoms with Gasteiger partial charge in [0, 0.05) is 17.7 Å². The van der Waals surface area contributed by atoms with Gasteiger partial charge in [0.05, 0.1) is 36.6 Å². The van der Waals surface area contributed by atoms with E-state index >= 15 is 0 Å². The van der Waals surface area contributed by atoms with Gasteiger partial charge in [0.1, 0.15) is 11.5 Å². The number of hydrogen-bond donors (Lipinski definition) is 1. The summed E-state index contributed by atoms with van der Waals surface area (Å²) in [6, 6.07) is 5.51. The third-order valence-electron chi connectivity index (χ3n) is 3.35. The molecule has 0 aliphatic carbocycles. The van der Waals surface area contributed by atoms with Crippen molar-refractivity contribution in [1.29, 1.82) is 0 Å². The van der Waals surface area contributed by atoms with Crippen LogP contribution in [0.3, 0.4) is 0 Å². The number of aromatic nitrogens is 2. The minimum atomic E-state index is -0.342. The zero-order valence-electron chi connectivity index (χ0n) is 12.6. The Bertz CT molecular complexity index is 625. The molecular weight excluding hydrogens is 334 g/mol. The van der Waals surface area contributed by atoms with E-state index in [0.29, 0.717) is 5.75 Å². The van der Waals surface area contributed by atoms with Gasteiger partial charge in [0.25, 0.3) is 0 Å². The van der Waals surface area contributed by atoms with E-state index in [1.54, 1.807) is 20.4 Å². The largest absolute Gasteiger partial charge is 0.497 e. The number of nitrogens with zero attached hydrogens (tertiary/aromatic N) is 2. The summed E-state index contributed by atoms with van der Waals surface area (Å²) in [5.74, 6) is 1.43. The third kappa shape index (κ3) is 3.06. The van der Waals surface area contributed by atoms with Crippen LogP contribution in [-0.4, -0.2) is 24.0 Å². The van der Waals surface area contributed by atoms with Crippen molar-refractivity contribution in [2.45, 2.75) is 25.9 Å². The van der Waals surface area contributed by atoms with Gasteiger partial charge in [-0.1, -0.05) is 0 Å². The maximum absolute atomic E-state index is 6.46. The van der Waals surface area contributed by atoms with E-state index in [4.69, 9.17) is 15.2 Å². The topological polar surface area (TPSA) is 62.3 Å². The van der Waals surface area contributed by atoms with Gasteiger partial charge in [-0.2, -0.15) is 5.10 Å². The van der Waals surface area contributed by atoms with Crippen molar-refractivity contribution < 1.29 is 9.47 Å². The van der Waals surface area contributed by atoms with Crippen molar-refractivity contribution in [3.63, 3.8) is 0 Å². The molecule has 0 aliphatic heterocycles. The number of nitrogens with two attached hydrogens (primary N) is 1. The van der Waals surface area contributed by atoms with Crippen molar-refractivity contribution in [2.24, 2.45) is 5.73 Å². The maximum Gasteiger partial charge on any atom is 0.127 e. The Labute approximate surface area is 133 Å². The number of ether oxygens (including phenoxy) is 2. The van der Waals surface area contributed by atoms with Crippen LogP contribution in [0.1, 0.15) is 37.2 Å². The highest BCUT2D eigenvalue weighted by Crippen LogP contribution is 2.35.